The van der Waals surface area contributed by atoms with Crippen molar-refractivity contribution in [1.29, 1.82) is 0 Å². The zero-order valence-corrected chi connectivity index (χ0v) is 31.5. The van der Waals surface area contributed by atoms with Crippen molar-refractivity contribution in [2.24, 2.45) is 11.8 Å². The molecule has 4 saturated heterocycles. The van der Waals surface area contributed by atoms with Crippen LogP contribution in [0.1, 0.15) is 38.5 Å². The van der Waals surface area contributed by atoms with E-state index in [0.29, 0.717) is 27.4 Å². The first-order valence-electron chi connectivity index (χ1n) is 18.4. The molecule has 0 bridgehead atoms. The van der Waals surface area contributed by atoms with Gasteiger partial charge in [-0.2, -0.15) is 0 Å². The van der Waals surface area contributed by atoms with Crippen molar-refractivity contribution in [3.8, 4) is 21.1 Å². The number of rotatable bonds is 3. The van der Waals surface area contributed by atoms with E-state index in [4.69, 9.17) is 33.2 Å². The highest BCUT2D eigenvalue weighted by molar-refractivity contribution is 7.22. The fourth-order valence-corrected chi connectivity index (χ4v) is 11.7. The third-order valence-corrected chi connectivity index (χ3v) is 14.4. The summed E-state index contributed by atoms with van der Waals surface area (Å²) < 4.78 is 22.6. The Kier molecular flexibility index (Phi) is 8.19. The molecule has 4 fully saturated rings. The predicted octanol–water partition coefficient (Wildman–Crippen LogP) is 8.05. The molecule has 2 aromatic rings. The van der Waals surface area contributed by atoms with Crippen molar-refractivity contribution in [2.45, 2.75) is 38.5 Å². The Balaban J connectivity index is 0.911. The highest BCUT2D eigenvalue weighted by Gasteiger charge is 2.37. The minimum Gasteiger partial charge on any atom is -0.371 e. The fourth-order valence-electron chi connectivity index (χ4n) is 8.89. The van der Waals surface area contributed by atoms with Crippen LogP contribution in [0.3, 0.4) is 0 Å². The number of nitrogens with zero attached hydrogens (tertiary/aromatic N) is 6. The van der Waals surface area contributed by atoms with Crippen LogP contribution in [0.2, 0.25) is 10.0 Å². The van der Waals surface area contributed by atoms with E-state index in [9.17, 15) is 0 Å². The van der Waals surface area contributed by atoms with E-state index < -0.39 is 0 Å². The van der Waals surface area contributed by atoms with E-state index in [1.807, 2.05) is 6.07 Å². The van der Waals surface area contributed by atoms with Crippen molar-refractivity contribution < 1.29 is 4.39 Å². The number of fused-ring (bicyclic) bond motifs is 4. The second-order valence-electron chi connectivity index (χ2n) is 14.8. The molecule has 51 heavy (non-hydrogen) atoms. The van der Waals surface area contributed by atoms with Crippen LogP contribution in [0.5, 0.6) is 0 Å². The Morgan fingerprint density at radius 1 is 0.667 bits per heavy atom. The first kappa shape index (κ1) is 32.3. The van der Waals surface area contributed by atoms with Crippen LogP contribution in [0.15, 0.2) is 54.6 Å². The van der Waals surface area contributed by atoms with Crippen molar-refractivity contribution in [2.75, 3.05) is 62.2 Å². The third-order valence-electron chi connectivity index (χ3n) is 11.7. The van der Waals surface area contributed by atoms with E-state index >= 15 is 4.39 Å². The van der Waals surface area contributed by atoms with Crippen LogP contribution in [0.25, 0.3) is 41.6 Å². The van der Waals surface area contributed by atoms with Crippen LogP contribution < -0.4 is 29.7 Å². The Hall–Kier alpha value is -3.37. The molecule has 260 valence electrons. The molecule has 0 spiro atoms. The van der Waals surface area contributed by atoms with Gasteiger partial charge in [-0.3, -0.25) is 0 Å². The van der Waals surface area contributed by atoms with Gasteiger partial charge in [-0.1, -0.05) is 23.2 Å². The van der Waals surface area contributed by atoms with Gasteiger partial charge in [0.2, 0.25) is 10.7 Å². The van der Waals surface area contributed by atoms with Gasteiger partial charge in [-0.25, -0.2) is 23.5 Å². The van der Waals surface area contributed by atoms with E-state index in [1.165, 1.54) is 36.7 Å². The van der Waals surface area contributed by atoms with Gasteiger partial charge in [0.15, 0.2) is 5.82 Å². The van der Waals surface area contributed by atoms with Crippen molar-refractivity contribution >= 4 is 77.7 Å². The minimum atomic E-state index is -0.231. The molecule has 0 N–H and O–H groups in total. The average Bonchev–Trinajstić information content (AvgIpc) is 3.98. The zero-order valence-electron chi connectivity index (χ0n) is 28.4. The molecule has 2 aliphatic carbocycles. The van der Waals surface area contributed by atoms with Crippen molar-refractivity contribution in [3.05, 3.63) is 81.2 Å². The first-order chi connectivity index (χ1) is 24.9. The third kappa shape index (κ3) is 5.88. The number of halogens is 3. The second kappa shape index (κ2) is 12.9. The Morgan fingerprint density at radius 2 is 1.43 bits per heavy atom. The van der Waals surface area contributed by atoms with E-state index in [2.05, 4.69) is 61.4 Å². The summed E-state index contributed by atoms with van der Waals surface area (Å²) in [6.45, 7) is 8.26. The standard InChI is InChI=1S/C40H39Cl2FN6S2/c41-30-15-27(47-11-3-4-12-47)19-35-38(30)45-39-31(42)16-28(20-36(39)51-35)48-13-7-24(22-48)25-8-14-49(23-25)29-17-32(43)40-37(21-29)50-34-18-26(5-6-33(34)44-40)46-9-1-2-10-46/h5-6,15-21,24-25H,1-4,7-14,22-23H2/q+2. The van der Waals surface area contributed by atoms with Gasteiger partial charge in [0.1, 0.15) is 37.4 Å². The molecule has 2 aromatic carbocycles. The highest BCUT2D eigenvalue weighted by atomic mass is 35.5. The number of aromatic nitrogens is 2. The Labute approximate surface area is 314 Å². The monoisotopic (exact) mass is 756 g/mol. The predicted molar refractivity (Wildman–Crippen MR) is 212 cm³/mol. The molecule has 6 heterocycles. The smallest absolute Gasteiger partial charge is 0.202 e. The van der Waals surface area contributed by atoms with Crippen LogP contribution in [0, 0.1) is 17.7 Å². The molecule has 6 nitrogen and oxygen atoms in total. The molecule has 2 atom stereocenters. The molecule has 10 rings (SSSR count). The molecule has 6 aliphatic heterocycles. The average molecular weight is 758 g/mol. The van der Waals surface area contributed by atoms with Gasteiger partial charge < -0.3 is 9.80 Å². The van der Waals surface area contributed by atoms with E-state index in [-0.39, 0.29) is 5.82 Å². The Bertz CT molecular complexity index is 2430. The van der Waals surface area contributed by atoms with Gasteiger partial charge in [0.05, 0.1) is 40.4 Å². The maximum atomic E-state index is 15.6. The van der Waals surface area contributed by atoms with Crippen LogP contribution in [-0.4, -0.2) is 62.3 Å². The summed E-state index contributed by atoms with van der Waals surface area (Å²) in [6, 6.07) is 18.9. The normalized spacial score (nSPS) is 22.2. The maximum absolute atomic E-state index is 15.6. The van der Waals surface area contributed by atoms with Crippen LogP contribution in [0.4, 0.5) is 15.8 Å². The topological polar surface area (TPSA) is 38.3 Å². The SMILES string of the molecule is Fc1cc(N2CCC(C3CC[N+](=c4cc5sc6cc(N7CCCC7)cc(Cl)c6nc-5c(Cl)c4)C3)C2)cc2sc3cc(=[N+]4CCCC4)ccc-3nc12. The molecule has 0 saturated carbocycles. The lowest BCUT2D eigenvalue weighted by atomic mass is 9.91. The summed E-state index contributed by atoms with van der Waals surface area (Å²) >= 11 is 17.1. The summed E-state index contributed by atoms with van der Waals surface area (Å²) in [5.74, 6) is 0.906. The molecular formula is C40H39Cl2FN6S2+2. The highest BCUT2D eigenvalue weighted by Crippen LogP contribution is 2.40. The van der Waals surface area contributed by atoms with Crippen molar-refractivity contribution in [3.63, 3.8) is 0 Å². The molecule has 0 aromatic heterocycles. The fraction of sp³-hybridized carbons (Fsp3) is 0.400. The molecule has 0 amide bonds. The summed E-state index contributed by atoms with van der Waals surface area (Å²) in [5.41, 5.74) is 5.13. The van der Waals surface area contributed by atoms with Gasteiger partial charge in [0, 0.05) is 87.0 Å². The van der Waals surface area contributed by atoms with E-state index in [0.717, 1.165) is 112 Å². The van der Waals surface area contributed by atoms with Gasteiger partial charge in [-0.05, 0) is 55.5 Å². The number of hydrogen-bond donors (Lipinski definition) is 0. The quantitative estimate of drug-likeness (QED) is 0.135. The van der Waals surface area contributed by atoms with Gasteiger partial charge in [-0.15, -0.1) is 22.7 Å². The van der Waals surface area contributed by atoms with E-state index in [1.54, 1.807) is 28.7 Å². The summed E-state index contributed by atoms with van der Waals surface area (Å²) in [4.78, 5) is 16.7. The lowest BCUT2D eigenvalue weighted by Crippen LogP contribution is -2.30. The Morgan fingerprint density at radius 3 is 2.27 bits per heavy atom. The zero-order chi connectivity index (χ0) is 34.2. The number of benzene rings is 4. The lowest BCUT2D eigenvalue weighted by Gasteiger charge is -2.21. The van der Waals surface area contributed by atoms with Gasteiger partial charge >= 0.3 is 0 Å². The molecular weight excluding hydrogens is 719 g/mol. The van der Waals surface area contributed by atoms with Crippen molar-refractivity contribution in [1.82, 2.24) is 19.1 Å². The minimum absolute atomic E-state index is 0.231. The lowest BCUT2D eigenvalue weighted by molar-refractivity contribution is 0.384. The largest absolute Gasteiger partial charge is 0.371 e. The first-order valence-corrected chi connectivity index (χ1v) is 20.8. The molecule has 8 aliphatic rings. The molecule has 0 radical (unpaired) electrons. The number of hydrogen-bond acceptors (Lipinski definition) is 6. The molecule has 11 heteroatoms. The van der Waals surface area contributed by atoms with Crippen LogP contribution in [-0.2, 0) is 0 Å². The summed E-state index contributed by atoms with van der Waals surface area (Å²) in [6.07, 6.45) is 7.19. The van der Waals surface area contributed by atoms with Gasteiger partial charge in [0.25, 0.3) is 0 Å². The summed E-state index contributed by atoms with van der Waals surface area (Å²) in [7, 11) is 0. The number of anilines is 2. The maximum Gasteiger partial charge on any atom is 0.202 e. The summed E-state index contributed by atoms with van der Waals surface area (Å²) in [5, 5.41) is 3.76. The second-order valence-corrected chi connectivity index (χ2v) is 17.8. The van der Waals surface area contributed by atoms with Crippen LogP contribution >= 0.6 is 45.9 Å². The molecule has 2 unspecified atom stereocenters.